The van der Waals surface area contributed by atoms with Crippen molar-refractivity contribution in [2.75, 3.05) is 32.7 Å². The Hall–Kier alpha value is -2.74. The zero-order valence-electron chi connectivity index (χ0n) is 15.2. The molecule has 8 heteroatoms. The van der Waals surface area contributed by atoms with Gasteiger partial charge in [-0.3, -0.25) is 14.7 Å². The van der Waals surface area contributed by atoms with Gasteiger partial charge < -0.3 is 15.1 Å². The Morgan fingerprint density at radius 1 is 1.11 bits per heavy atom. The van der Waals surface area contributed by atoms with Gasteiger partial charge in [-0.1, -0.05) is 6.07 Å². The van der Waals surface area contributed by atoms with Gasteiger partial charge in [0.1, 0.15) is 5.82 Å². The van der Waals surface area contributed by atoms with Gasteiger partial charge in [0.15, 0.2) is 5.69 Å². The van der Waals surface area contributed by atoms with Gasteiger partial charge in [-0.15, -0.1) is 0 Å². The fourth-order valence-corrected chi connectivity index (χ4v) is 3.57. The highest BCUT2D eigenvalue weighted by Crippen LogP contribution is 2.19. The van der Waals surface area contributed by atoms with Crippen LogP contribution in [0.3, 0.4) is 0 Å². The van der Waals surface area contributed by atoms with E-state index in [1.54, 1.807) is 28.9 Å². The van der Waals surface area contributed by atoms with Crippen molar-refractivity contribution in [3.8, 4) is 0 Å². The SMILES string of the molecule is Cc1ccc(C(=O)N2CCN(C(=O)c3n[nH]c4c3CNCC4)CC2)cc1F. The van der Waals surface area contributed by atoms with E-state index in [0.29, 0.717) is 49.5 Å². The Kier molecular flexibility index (Phi) is 4.65. The Bertz CT molecular complexity index is 886. The number of aromatic nitrogens is 2. The number of carbonyl (C=O) groups is 2. The summed E-state index contributed by atoms with van der Waals surface area (Å²) in [6.45, 7) is 4.91. The molecule has 1 saturated heterocycles. The monoisotopic (exact) mass is 371 g/mol. The lowest BCUT2D eigenvalue weighted by Crippen LogP contribution is -2.50. The standard InChI is InChI=1S/C19H22FN5O2/c1-12-2-3-13(10-15(12)20)18(26)24-6-8-25(9-7-24)19(27)17-14-11-21-5-4-16(14)22-23-17/h2-3,10,21H,4-9,11H2,1H3,(H,22,23). The van der Waals surface area contributed by atoms with Gasteiger partial charge in [0, 0.05) is 62.5 Å². The molecule has 2 aliphatic rings. The first-order valence-corrected chi connectivity index (χ1v) is 9.16. The van der Waals surface area contributed by atoms with Crippen LogP contribution in [0.2, 0.25) is 0 Å². The number of amides is 2. The number of piperazine rings is 1. The molecule has 0 spiro atoms. The zero-order chi connectivity index (χ0) is 19.0. The average Bonchev–Trinajstić information content (AvgIpc) is 3.13. The molecular weight excluding hydrogens is 349 g/mol. The third-order valence-electron chi connectivity index (χ3n) is 5.28. The number of H-pyrrole nitrogens is 1. The van der Waals surface area contributed by atoms with Crippen molar-refractivity contribution < 1.29 is 14.0 Å². The molecule has 27 heavy (non-hydrogen) atoms. The predicted octanol–water partition coefficient (Wildman–Crippen LogP) is 1.10. The summed E-state index contributed by atoms with van der Waals surface area (Å²) in [6, 6.07) is 4.52. The summed E-state index contributed by atoms with van der Waals surface area (Å²) in [6.07, 6.45) is 0.838. The van der Waals surface area contributed by atoms with Crippen LogP contribution in [-0.2, 0) is 13.0 Å². The molecule has 2 N–H and O–H groups in total. The van der Waals surface area contributed by atoms with Crippen LogP contribution in [-0.4, -0.2) is 64.5 Å². The van der Waals surface area contributed by atoms with Gasteiger partial charge in [-0.25, -0.2) is 4.39 Å². The summed E-state index contributed by atoms with van der Waals surface area (Å²) in [7, 11) is 0. The first kappa shape index (κ1) is 17.7. The maximum Gasteiger partial charge on any atom is 0.274 e. The van der Waals surface area contributed by atoms with E-state index in [1.807, 2.05) is 0 Å². The molecule has 2 aromatic rings. The summed E-state index contributed by atoms with van der Waals surface area (Å²) < 4.78 is 13.7. The van der Waals surface area contributed by atoms with Crippen molar-refractivity contribution in [3.05, 3.63) is 52.1 Å². The number of nitrogens with zero attached hydrogens (tertiary/aromatic N) is 3. The Labute approximate surface area is 156 Å². The summed E-state index contributed by atoms with van der Waals surface area (Å²) in [5.74, 6) is -0.696. The summed E-state index contributed by atoms with van der Waals surface area (Å²) in [4.78, 5) is 28.8. The quantitative estimate of drug-likeness (QED) is 0.828. The molecule has 1 fully saturated rings. The first-order chi connectivity index (χ1) is 13.0. The molecule has 0 saturated carbocycles. The van der Waals surface area contributed by atoms with Crippen molar-refractivity contribution in [1.82, 2.24) is 25.3 Å². The highest BCUT2D eigenvalue weighted by Gasteiger charge is 2.29. The number of hydrogen-bond donors (Lipinski definition) is 2. The second-order valence-corrected chi connectivity index (χ2v) is 7.00. The Morgan fingerprint density at radius 3 is 2.52 bits per heavy atom. The van der Waals surface area contributed by atoms with Crippen LogP contribution >= 0.6 is 0 Å². The number of benzene rings is 1. The third kappa shape index (κ3) is 3.32. The number of nitrogens with one attached hydrogen (secondary N) is 2. The fourth-order valence-electron chi connectivity index (χ4n) is 3.57. The van der Waals surface area contributed by atoms with E-state index >= 15 is 0 Å². The van der Waals surface area contributed by atoms with Crippen molar-refractivity contribution in [2.24, 2.45) is 0 Å². The molecule has 0 aliphatic carbocycles. The van der Waals surface area contributed by atoms with Gasteiger partial charge in [0.25, 0.3) is 11.8 Å². The smallest absolute Gasteiger partial charge is 0.274 e. The summed E-state index contributed by atoms with van der Waals surface area (Å²) in [5, 5.41) is 10.4. The number of rotatable bonds is 2. The Balaban J connectivity index is 1.41. The molecule has 3 heterocycles. The normalized spacial score (nSPS) is 17.0. The molecular formula is C19H22FN5O2. The van der Waals surface area contributed by atoms with Gasteiger partial charge in [-0.2, -0.15) is 5.10 Å². The number of fused-ring (bicyclic) bond motifs is 1. The van der Waals surface area contributed by atoms with E-state index in [9.17, 15) is 14.0 Å². The summed E-state index contributed by atoms with van der Waals surface area (Å²) >= 11 is 0. The molecule has 1 aromatic heterocycles. The maximum atomic E-state index is 13.7. The van der Waals surface area contributed by atoms with Gasteiger partial charge >= 0.3 is 0 Å². The highest BCUT2D eigenvalue weighted by molar-refractivity contribution is 5.96. The molecule has 7 nitrogen and oxygen atoms in total. The number of carbonyl (C=O) groups excluding carboxylic acids is 2. The van der Waals surface area contributed by atoms with E-state index in [0.717, 1.165) is 24.2 Å². The molecule has 142 valence electrons. The summed E-state index contributed by atoms with van der Waals surface area (Å²) in [5.41, 5.74) is 3.29. The minimum absolute atomic E-state index is 0.107. The van der Waals surface area contributed by atoms with Crippen molar-refractivity contribution >= 4 is 11.8 Å². The van der Waals surface area contributed by atoms with Gasteiger partial charge in [-0.05, 0) is 24.6 Å². The van der Waals surface area contributed by atoms with E-state index in [2.05, 4.69) is 15.5 Å². The van der Waals surface area contributed by atoms with Crippen LogP contribution in [0.15, 0.2) is 18.2 Å². The van der Waals surface area contributed by atoms with E-state index in [-0.39, 0.29) is 17.6 Å². The van der Waals surface area contributed by atoms with Crippen LogP contribution in [0.4, 0.5) is 4.39 Å². The van der Waals surface area contributed by atoms with E-state index < -0.39 is 0 Å². The van der Waals surface area contributed by atoms with Crippen molar-refractivity contribution in [1.29, 1.82) is 0 Å². The molecule has 0 bridgehead atoms. The molecule has 0 unspecified atom stereocenters. The number of halogens is 1. The minimum atomic E-state index is -0.383. The van der Waals surface area contributed by atoms with Crippen LogP contribution in [0.1, 0.15) is 37.7 Å². The van der Waals surface area contributed by atoms with Crippen LogP contribution in [0, 0.1) is 12.7 Å². The maximum absolute atomic E-state index is 13.7. The van der Waals surface area contributed by atoms with Crippen LogP contribution in [0.5, 0.6) is 0 Å². The second-order valence-electron chi connectivity index (χ2n) is 7.00. The highest BCUT2D eigenvalue weighted by atomic mass is 19.1. The van der Waals surface area contributed by atoms with E-state index in [1.165, 1.54) is 6.07 Å². The molecule has 2 amide bonds. The van der Waals surface area contributed by atoms with Crippen molar-refractivity contribution in [2.45, 2.75) is 19.9 Å². The molecule has 2 aliphatic heterocycles. The molecule has 0 atom stereocenters. The zero-order valence-corrected chi connectivity index (χ0v) is 15.2. The van der Waals surface area contributed by atoms with Crippen LogP contribution < -0.4 is 5.32 Å². The average molecular weight is 371 g/mol. The largest absolute Gasteiger partial charge is 0.335 e. The lowest BCUT2D eigenvalue weighted by molar-refractivity contribution is 0.0531. The van der Waals surface area contributed by atoms with Crippen molar-refractivity contribution in [3.63, 3.8) is 0 Å². The van der Waals surface area contributed by atoms with Gasteiger partial charge in [0.05, 0.1) is 0 Å². The molecule has 1 aromatic carbocycles. The molecule has 4 rings (SSSR count). The lowest BCUT2D eigenvalue weighted by Gasteiger charge is -2.34. The van der Waals surface area contributed by atoms with Gasteiger partial charge in [0.2, 0.25) is 0 Å². The minimum Gasteiger partial charge on any atom is -0.335 e. The first-order valence-electron chi connectivity index (χ1n) is 9.16. The van der Waals surface area contributed by atoms with E-state index in [4.69, 9.17) is 0 Å². The fraction of sp³-hybridized carbons (Fsp3) is 0.421. The lowest BCUT2D eigenvalue weighted by atomic mass is 10.1. The number of hydrogen-bond acceptors (Lipinski definition) is 4. The van der Waals surface area contributed by atoms with Crippen LogP contribution in [0.25, 0.3) is 0 Å². The second kappa shape index (κ2) is 7.11. The number of aromatic amines is 1. The topological polar surface area (TPSA) is 81.3 Å². The Morgan fingerprint density at radius 2 is 1.81 bits per heavy atom. The number of aryl methyl sites for hydroxylation is 1. The predicted molar refractivity (Wildman–Crippen MR) is 96.9 cm³/mol. The molecule has 0 radical (unpaired) electrons. The third-order valence-corrected chi connectivity index (χ3v) is 5.28.